The van der Waals surface area contributed by atoms with Crippen LogP contribution in [-0.4, -0.2) is 25.8 Å². The Kier molecular flexibility index (Phi) is 6.53. The Morgan fingerprint density at radius 1 is 1.14 bits per heavy atom. The number of rotatable bonds is 5. The van der Waals surface area contributed by atoms with Crippen molar-refractivity contribution in [3.8, 4) is 5.75 Å². The second-order valence-corrected chi connectivity index (χ2v) is 11.7. The van der Waals surface area contributed by atoms with Gasteiger partial charge in [0.2, 0.25) is 5.43 Å². The summed E-state index contributed by atoms with van der Waals surface area (Å²) < 4.78 is 28.3. The third-order valence-corrected chi connectivity index (χ3v) is 9.52. The lowest BCUT2D eigenvalue weighted by Gasteiger charge is -2.33. The van der Waals surface area contributed by atoms with E-state index in [2.05, 4.69) is 22.6 Å². The standard InChI is InChI=1S/C28H25ClFIN2O4/c29-19-13-18(8-9-20(19)30)14-32-11-12-33-21-16-37-28(10-4-7-22(28)31)23(21)25(34)26(24(33)27(32)35)36-15-17-5-2-1-3-6-17/h1-3,5-6,8-9,13,22H,4,7,10-12,14-16H2. The molecule has 1 fully saturated rings. The second-order valence-electron chi connectivity index (χ2n) is 9.77. The molecule has 1 amide bonds. The molecule has 9 heteroatoms. The van der Waals surface area contributed by atoms with Gasteiger partial charge in [0.25, 0.3) is 5.91 Å². The highest BCUT2D eigenvalue weighted by molar-refractivity contribution is 14.1. The molecule has 3 heterocycles. The minimum absolute atomic E-state index is 0.00986. The van der Waals surface area contributed by atoms with Gasteiger partial charge in [-0.25, -0.2) is 4.39 Å². The predicted octanol–water partition coefficient (Wildman–Crippen LogP) is 5.59. The summed E-state index contributed by atoms with van der Waals surface area (Å²) in [5, 5.41) is 0.00986. The lowest BCUT2D eigenvalue weighted by Crippen LogP contribution is -2.44. The van der Waals surface area contributed by atoms with Crippen molar-refractivity contribution in [1.29, 1.82) is 0 Å². The molecular formula is C28H25ClFIN2O4. The number of ether oxygens (including phenoxy) is 2. The summed E-state index contributed by atoms with van der Waals surface area (Å²) in [6, 6.07) is 14.0. The first-order valence-electron chi connectivity index (χ1n) is 12.4. The van der Waals surface area contributed by atoms with E-state index in [1.165, 1.54) is 12.1 Å². The summed E-state index contributed by atoms with van der Waals surface area (Å²) in [5.41, 5.74) is 2.42. The Morgan fingerprint density at radius 2 is 1.95 bits per heavy atom. The van der Waals surface area contributed by atoms with Crippen LogP contribution in [0.15, 0.2) is 53.3 Å². The molecule has 6 nitrogen and oxygen atoms in total. The first kappa shape index (κ1) is 24.9. The molecule has 1 saturated carbocycles. The summed E-state index contributed by atoms with van der Waals surface area (Å²) in [6.45, 7) is 1.67. The van der Waals surface area contributed by atoms with Crippen LogP contribution in [0, 0.1) is 5.82 Å². The van der Waals surface area contributed by atoms with Gasteiger partial charge in [-0.3, -0.25) is 9.59 Å². The van der Waals surface area contributed by atoms with Crippen molar-refractivity contribution in [2.24, 2.45) is 0 Å². The van der Waals surface area contributed by atoms with Crippen LogP contribution in [0.5, 0.6) is 5.75 Å². The molecule has 1 aliphatic carbocycles. The number of carbonyl (C=O) groups is 1. The zero-order valence-corrected chi connectivity index (χ0v) is 22.9. The molecule has 0 radical (unpaired) electrons. The summed E-state index contributed by atoms with van der Waals surface area (Å²) in [4.78, 5) is 29.6. The van der Waals surface area contributed by atoms with Crippen LogP contribution in [0.1, 0.15) is 52.1 Å². The van der Waals surface area contributed by atoms with Gasteiger partial charge in [0.05, 0.1) is 22.9 Å². The van der Waals surface area contributed by atoms with E-state index in [-0.39, 0.29) is 44.9 Å². The zero-order valence-electron chi connectivity index (χ0n) is 20.0. The molecule has 2 atom stereocenters. The zero-order chi connectivity index (χ0) is 25.7. The average molecular weight is 635 g/mol. The molecule has 3 aliphatic rings. The van der Waals surface area contributed by atoms with Gasteiger partial charge in [0, 0.05) is 23.6 Å². The van der Waals surface area contributed by atoms with Crippen molar-refractivity contribution in [3.63, 3.8) is 0 Å². The summed E-state index contributed by atoms with van der Waals surface area (Å²) >= 11 is 8.37. The van der Waals surface area contributed by atoms with Gasteiger partial charge < -0.3 is 18.9 Å². The van der Waals surface area contributed by atoms with Crippen LogP contribution in [-0.2, 0) is 36.6 Å². The molecule has 1 spiro atoms. The number of aromatic nitrogens is 1. The number of halogens is 3. The van der Waals surface area contributed by atoms with Crippen LogP contribution in [0.2, 0.25) is 5.02 Å². The van der Waals surface area contributed by atoms with Crippen molar-refractivity contribution in [2.45, 2.75) is 55.1 Å². The number of benzene rings is 2. The van der Waals surface area contributed by atoms with E-state index in [9.17, 15) is 14.0 Å². The number of alkyl halides is 1. The second kappa shape index (κ2) is 9.71. The number of carbonyl (C=O) groups excluding carboxylic acids is 1. The van der Waals surface area contributed by atoms with E-state index in [1.807, 2.05) is 34.9 Å². The van der Waals surface area contributed by atoms with Gasteiger partial charge >= 0.3 is 0 Å². The van der Waals surface area contributed by atoms with Gasteiger partial charge in [0.1, 0.15) is 18.0 Å². The van der Waals surface area contributed by atoms with Crippen LogP contribution in [0.3, 0.4) is 0 Å². The summed E-state index contributed by atoms with van der Waals surface area (Å²) in [7, 11) is 0. The van der Waals surface area contributed by atoms with E-state index in [4.69, 9.17) is 21.1 Å². The molecule has 0 bridgehead atoms. The van der Waals surface area contributed by atoms with Crippen LogP contribution in [0.4, 0.5) is 4.39 Å². The maximum atomic E-state index is 14.1. The van der Waals surface area contributed by atoms with Gasteiger partial charge in [-0.2, -0.15) is 0 Å². The number of amides is 1. The van der Waals surface area contributed by atoms with Crippen molar-refractivity contribution in [3.05, 3.63) is 97.7 Å². The van der Waals surface area contributed by atoms with Crippen molar-refractivity contribution in [2.75, 3.05) is 6.54 Å². The molecule has 6 rings (SSSR count). The van der Waals surface area contributed by atoms with Crippen LogP contribution in [0.25, 0.3) is 0 Å². The normalized spacial score (nSPS) is 22.4. The smallest absolute Gasteiger partial charge is 0.274 e. The monoisotopic (exact) mass is 634 g/mol. The first-order chi connectivity index (χ1) is 17.9. The Balaban J connectivity index is 1.43. The Hall–Kier alpha value is -2.43. The van der Waals surface area contributed by atoms with Crippen LogP contribution >= 0.6 is 34.2 Å². The van der Waals surface area contributed by atoms with E-state index in [0.717, 1.165) is 30.5 Å². The molecule has 2 unspecified atom stereocenters. The van der Waals surface area contributed by atoms with E-state index < -0.39 is 11.4 Å². The van der Waals surface area contributed by atoms with Gasteiger partial charge in [-0.05, 0) is 42.5 Å². The molecule has 0 N–H and O–H groups in total. The molecule has 3 aromatic rings. The number of fused-ring (bicyclic) bond motifs is 4. The topological polar surface area (TPSA) is 60.8 Å². The summed E-state index contributed by atoms with van der Waals surface area (Å²) in [5.74, 6) is -0.725. The van der Waals surface area contributed by atoms with Crippen molar-refractivity contribution in [1.82, 2.24) is 9.47 Å². The average Bonchev–Trinajstić information content (AvgIpc) is 3.47. The fraction of sp³-hybridized carbons (Fsp3) is 0.357. The van der Waals surface area contributed by atoms with Crippen LogP contribution < -0.4 is 10.2 Å². The van der Waals surface area contributed by atoms with Gasteiger partial charge in [-0.15, -0.1) is 0 Å². The highest BCUT2D eigenvalue weighted by atomic mass is 127. The van der Waals surface area contributed by atoms with Gasteiger partial charge in [-0.1, -0.05) is 70.6 Å². The molecule has 2 aliphatic heterocycles. The van der Waals surface area contributed by atoms with Crippen molar-refractivity contribution >= 4 is 40.1 Å². The lowest BCUT2D eigenvalue weighted by molar-refractivity contribution is -0.0268. The number of pyridine rings is 1. The highest BCUT2D eigenvalue weighted by Crippen LogP contribution is 2.51. The van der Waals surface area contributed by atoms with Gasteiger partial charge in [0.15, 0.2) is 11.4 Å². The third-order valence-electron chi connectivity index (χ3n) is 7.60. The Morgan fingerprint density at radius 3 is 2.68 bits per heavy atom. The Bertz CT molecular complexity index is 1450. The number of hydrogen-bond acceptors (Lipinski definition) is 4. The highest BCUT2D eigenvalue weighted by Gasteiger charge is 2.53. The lowest BCUT2D eigenvalue weighted by atomic mass is 9.91. The molecule has 192 valence electrons. The van der Waals surface area contributed by atoms with E-state index in [1.54, 1.807) is 11.0 Å². The minimum Gasteiger partial charge on any atom is -0.483 e. The summed E-state index contributed by atoms with van der Waals surface area (Å²) in [6.07, 6.45) is 2.75. The number of nitrogens with zero attached hydrogens (tertiary/aromatic N) is 2. The Labute approximate surface area is 232 Å². The quantitative estimate of drug-likeness (QED) is 0.271. The molecule has 2 aromatic carbocycles. The largest absolute Gasteiger partial charge is 0.483 e. The number of hydrogen-bond donors (Lipinski definition) is 0. The molecule has 0 saturated heterocycles. The van der Waals surface area contributed by atoms with E-state index >= 15 is 0 Å². The molecular weight excluding hydrogens is 610 g/mol. The van der Waals surface area contributed by atoms with E-state index in [0.29, 0.717) is 30.8 Å². The predicted molar refractivity (Wildman–Crippen MR) is 146 cm³/mol. The third kappa shape index (κ3) is 4.17. The van der Waals surface area contributed by atoms with Crippen molar-refractivity contribution < 1.29 is 18.7 Å². The fourth-order valence-corrected chi connectivity index (χ4v) is 7.23. The molecule has 37 heavy (non-hydrogen) atoms. The maximum absolute atomic E-state index is 14.1. The maximum Gasteiger partial charge on any atom is 0.274 e. The fourth-order valence-electron chi connectivity index (χ4n) is 5.78. The minimum atomic E-state index is -0.634. The molecule has 1 aromatic heterocycles. The SMILES string of the molecule is O=C1c2c(OCc3ccccc3)c(=O)c3c(n2CCN1Cc1ccc(F)c(Cl)c1)COC31CCCC1I. The first-order valence-corrected chi connectivity index (χ1v) is 14.0.